The lowest BCUT2D eigenvalue weighted by molar-refractivity contribution is 0.749. The molecule has 6 heteroatoms. The van der Waals surface area contributed by atoms with Crippen molar-refractivity contribution >= 4 is 22.5 Å². The van der Waals surface area contributed by atoms with E-state index in [2.05, 4.69) is 9.97 Å². The standard InChI is InChI=1S/C14H10ClN3O2/c15-8-2-1-7-5-10-12(16-14(20)17-13(10)19)18(9-3-4-9)11(7)6-8/h1-2,5-6,9H,3-4H2,(H,17,19,20). The molecule has 100 valence electrons. The van der Waals surface area contributed by atoms with Crippen LogP contribution in [0.3, 0.4) is 0 Å². The number of nitrogens with one attached hydrogen (secondary N) is 1. The van der Waals surface area contributed by atoms with Crippen LogP contribution in [0.5, 0.6) is 0 Å². The van der Waals surface area contributed by atoms with Gasteiger partial charge in [-0.15, -0.1) is 0 Å². The summed E-state index contributed by atoms with van der Waals surface area (Å²) in [6.07, 6.45) is 2.04. The monoisotopic (exact) mass is 287 g/mol. The number of benzene rings is 1. The van der Waals surface area contributed by atoms with Crippen molar-refractivity contribution in [1.29, 1.82) is 0 Å². The van der Waals surface area contributed by atoms with E-state index < -0.39 is 11.2 Å². The summed E-state index contributed by atoms with van der Waals surface area (Å²) >= 11 is 6.07. The summed E-state index contributed by atoms with van der Waals surface area (Å²) in [6.45, 7) is 0. The first-order valence-corrected chi connectivity index (χ1v) is 6.76. The topological polar surface area (TPSA) is 67.8 Å². The summed E-state index contributed by atoms with van der Waals surface area (Å²) in [7, 11) is 0. The molecule has 0 spiro atoms. The third-order valence-corrected chi connectivity index (χ3v) is 3.84. The fourth-order valence-electron chi connectivity index (χ4n) is 2.58. The van der Waals surface area contributed by atoms with Gasteiger partial charge in [0.2, 0.25) is 0 Å². The molecule has 0 unspecified atom stereocenters. The van der Waals surface area contributed by atoms with Crippen LogP contribution in [0.1, 0.15) is 18.9 Å². The number of fused-ring (bicyclic) bond motifs is 2. The molecule has 5 nitrogen and oxygen atoms in total. The second-order valence-corrected chi connectivity index (χ2v) is 5.49. The Balaban J connectivity index is 2.26. The lowest BCUT2D eigenvalue weighted by Crippen LogP contribution is -2.27. The van der Waals surface area contributed by atoms with Crippen LogP contribution in [0, 0.1) is 0 Å². The van der Waals surface area contributed by atoms with Crippen molar-refractivity contribution in [2.24, 2.45) is 0 Å². The SMILES string of the molecule is O=c1nc2n(C3CC3)c3cc(Cl)ccc3cc-2c(=O)[nH]1. The number of H-pyrrole nitrogens is 1. The van der Waals surface area contributed by atoms with E-state index in [0.29, 0.717) is 16.4 Å². The number of rotatable bonds is 1. The highest BCUT2D eigenvalue weighted by Crippen LogP contribution is 2.41. The van der Waals surface area contributed by atoms with Gasteiger partial charge >= 0.3 is 5.69 Å². The molecule has 0 aromatic heterocycles. The highest BCUT2D eigenvalue weighted by atomic mass is 35.5. The molecule has 0 amide bonds. The van der Waals surface area contributed by atoms with Crippen molar-refractivity contribution in [1.82, 2.24) is 14.5 Å². The smallest absolute Gasteiger partial charge is 0.322 e. The van der Waals surface area contributed by atoms with Crippen molar-refractivity contribution in [3.63, 3.8) is 0 Å². The van der Waals surface area contributed by atoms with Crippen LogP contribution in [0.2, 0.25) is 5.02 Å². The lowest BCUT2D eigenvalue weighted by Gasteiger charge is -2.16. The van der Waals surface area contributed by atoms with Crippen molar-refractivity contribution in [3.05, 3.63) is 50.1 Å². The fourth-order valence-corrected chi connectivity index (χ4v) is 2.75. The second-order valence-electron chi connectivity index (χ2n) is 5.06. The van der Waals surface area contributed by atoms with E-state index in [1.165, 1.54) is 0 Å². The Labute approximate surface area is 118 Å². The Morgan fingerprint density at radius 2 is 2.05 bits per heavy atom. The van der Waals surface area contributed by atoms with Gasteiger partial charge in [-0.25, -0.2) is 4.79 Å². The predicted molar refractivity (Wildman–Crippen MR) is 76.5 cm³/mol. The molecule has 2 aliphatic heterocycles. The first-order chi connectivity index (χ1) is 9.63. The molecule has 1 aromatic rings. The zero-order valence-corrected chi connectivity index (χ0v) is 11.1. The minimum Gasteiger partial charge on any atom is -0.322 e. The van der Waals surface area contributed by atoms with E-state index in [-0.39, 0.29) is 6.04 Å². The molecular formula is C14H10ClN3O2. The number of aromatic nitrogens is 3. The summed E-state index contributed by atoms with van der Waals surface area (Å²) < 4.78 is 1.97. The quantitative estimate of drug-likeness (QED) is 0.698. The lowest BCUT2D eigenvalue weighted by atomic mass is 10.1. The van der Waals surface area contributed by atoms with Crippen molar-refractivity contribution < 1.29 is 0 Å². The average molecular weight is 288 g/mol. The number of hydrogen-bond donors (Lipinski definition) is 1. The van der Waals surface area contributed by atoms with Crippen molar-refractivity contribution in [3.8, 4) is 11.4 Å². The Kier molecular flexibility index (Phi) is 2.29. The normalized spacial score (nSPS) is 15.1. The van der Waals surface area contributed by atoms with Gasteiger partial charge in [0.05, 0.1) is 11.1 Å². The summed E-state index contributed by atoms with van der Waals surface area (Å²) in [5.74, 6) is 0.441. The van der Waals surface area contributed by atoms with Gasteiger partial charge < -0.3 is 4.57 Å². The zero-order chi connectivity index (χ0) is 13.9. The molecule has 20 heavy (non-hydrogen) atoms. The number of pyridine rings is 1. The molecule has 3 aliphatic rings. The van der Waals surface area contributed by atoms with Gasteiger partial charge in [-0.3, -0.25) is 9.78 Å². The number of aromatic amines is 1. The van der Waals surface area contributed by atoms with E-state index in [1.807, 2.05) is 16.7 Å². The Bertz CT molecular complexity index is 924. The average Bonchev–Trinajstić information content (AvgIpc) is 3.21. The van der Waals surface area contributed by atoms with E-state index in [4.69, 9.17) is 11.6 Å². The van der Waals surface area contributed by atoms with Crippen LogP contribution in [-0.4, -0.2) is 14.5 Å². The molecule has 1 saturated carbocycles. The molecule has 1 fully saturated rings. The molecule has 0 radical (unpaired) electrons. The molecule has 0 saturated heterocycles. The fraction of sp³-hybridized carbons (Fsp3) is 0.214. The minimum atomic E-state index is -0.613. The van der Waals surface area contributed by atoms with E-state index in [9.17, 15) is 9.59 Å². The first-order valence-electron chi connectivity index (χ1n) is 6.38. The van der Waals surface area contributed by atoms with E-state index in [0.717, 1.165) is 23.7 Å². The van der Waals surface area contributed by atoms with Crippen LogP contribution in [0.25, 0.3) is 22.3 Å². The van der Waals surface area contributed by atoms with Crippen LogP contribution >= 0.6 is 11.6 Å². The summed E-state index contributed by atoms with van der Waals surface area (Å²) in [5.41, 5.74) is 0.334. The molecule has 4 rings (SSSR count). The number of hydrogen-bond acceptors (Lipinski definition) is 3. The van der Waals surface area contributed by atoms with Crippen LogP contribution in [0.15, 0.2) is 33.9 Å². The number of halogens is 1. The summed E-state index contributed by atoms with van der Waals surface area (Å²) in [5, 5.41) is 1.54. The van der Waals surface area contributed by atoms with Gasteiger partial charge in [0.25, 0.3) is 5.56 Å². The summed E-state index contributed by atoms with van der Waals surface area (Å²) in [6, 6.07) is 7.55. The van der Waals surface area contributed by atoms with Crippen LogP contribution < -0.4 is 11.2 Å². The van der Waals surface area contributed by atoms with Gasteiger partial charge in [-0.1, -0.05) is 17.7 Å². The van der Waals surface area contributed by atoms with Gasteiger partial charge in [-0.05, 0) is 36.4 Å². The first kappa shape index (κ1) is 11.7. The van der Waals surface area contributed by atoms with E-state index >= 15 is 0 Å². The maximum atomic E-state index is 12.0. The highest BCUT2D eigenvalue weighted by molar-refractivity contribution is 6.31. The molecule has 2 heterocycles. The Hall–Kier alpha value is -2.14. The van der Waals surface area contributed by atoms with Crippen LogP contribution in [-0.2, 0) is 0 Å². The molecule has 1 aromatic carbocycles. The predicted octanol–water partition coefficient (Wildman–Crippen LogP) is 2.18. The van der Waals surface area contributed by atoms with Crippen molar-refractivity contribution in [2.75, 3.05) is 0 Å². The Morgan fingerprint density at radius 1 is 1.25 bits per heavy atom. The molecule has 1 N–H and O–H groups in total. The van der Waals surface area contributed by atoms with Gasteiger partial charge in [0, 0.05) is 11.1 Å². The third-order valence-electron chi connectivity index (χ3n) is 3.61. The third kappa shape index (κ3) is 1.67. The van der Waals surface area contributed by atoms with E-state index in [1.54, 1.807) is 12.1 Å². The minimum absolute atomic E-state index is 0.286. The van der Waals surface area contributed by atoms with Gasteiger partial charge in [0.1, 0.15) is 0 Å². The Morgan fingerprint density at radius 3 is 2.80 bits per heavy atom. The molecule has 1 aliphatic carbocycles. The molecular weight excluding hydrogens is 278 g/mol. The van der Waals surface area contributed by atoms with Crippen molar-refractivity contribution in [2.45, 2.75) is 18.9 Å². The highest BCUT2D eigenvalue weighted by Gasteiger charge is 2.29. The zero-order valence-electron chi connectivity index (χ0n) is 10.4. The molecule has 0 bridgehead atoms. The maximum absolute atomic E-state index is 12.0. The van der Waals surface area contributed by atoms with Crippen LogP contribution in [0.4, 0.5) is 0 Å². The summed E-state index contributed by atoms with van der Waals surface area (Å²) in [4.78, 5) is 29.7. The maximum Gasteiger partial charge on any atom is 0.349 e. The van der Waals surface area contributed by atoms with Gasteiger partial charge in [0.15, 0.2) is 5.82 Å². The largest absolute Gasteiger partial charge is 0.349 e. The second kappa shape index (κ2) is 3.93. The molecule has 0 atom stereocenters. The van der Waals surface area contributed by atoms with Gasteiger partial charge in [-0.2, -0.15) is 4.98 Å². The number of nitrogens with zero attached hydrogens (tertiary/aromatic N) is 2.